The zero-order chi connectivity index (χ0) is 23.3. The van der Waals surface area contributed by atoms with Crippen molar-refractivity contribution in [2.45, 2.75) is 20.3 Å². The molecule has 0 radical (unpaired) electrons. The van der Waals surface area contributed by atoms with E-state index in [4.69, 9.17) is 25.8 Å². The average Bonchev–Trinajstić information content (AvgIpc) is 2.76. The molecule has 1 aliphatic heterocycles. The van der Waals surface area contributed by atoms with E-state index in [2.05, 4.69) is 5.32 Å². The van der Waals surface area contributed by atoms with Crippen LogP contribution in [-0.2, 0) is 9.59 Å². The van der Waals surface area contributed by atoms with Crippen LogP contribution in [-0.4, -0.2) is 38.2 Å². The van der Waals surface area contributed by atoms with Gasteiger partial charge in [0, 0.05) is 0 Å². The highest BCUT2D eigenvalue weighted by molar-refractivity contribution is 6.39. The Morgan fingerprint density at radius 3 is 2.41 bits per heavy atom. The lowest BCUT2D eigenvalue weighted by molar-refractivity contribution is -0.122. The van der Waals surface area contributed by atoms with Gasteiger partial charge in [0.15, 0.2) is 11.5 Å². The lowest BCUT2D eigenvalue weighted by atomic mass is 10.1. The maximum atomic E-state index is 13.1. The first-order valence-corrected chi connectivity index (χ1v) is 10.4. The number of halogens is 1. The summed E-state index contributed by atoms with van der Waals surface area (Å²) < 4.78 is 16.4. The summed E-state index contributed by atoms with van der Waals surface area (Å²) in [7, 11) is 1.51. The fraction of sp³-hybridized carbons (Fsp3) is 0.261. The smallest absolute Gasteiger partial charge is 0.335 e. The zero-order valence-electron chi connectivity index (χ0n) is 17.9. The van der Waals surface area contributed by atoms with Crippen molar-refractivity contribution in [2.24, 2.45) is 0 Å². The van der Waals surface area contributed by atoms with Gasteiger partial charge in [-0.25, -0.2) is 9.69 Å². The number of barbiturate groups is 1. The number of urea groups is 1. The van der Waals surface area contributed by atoms with Gasteiger partial charge in [0.25, 0.3) is 11.8 Å². The molecule has 1 fully saturated rings. The van der Waals surface area contributed by atoms with E-state index in [9.17, 15) is 14.4 Å². The Hall–Kier alpha value is -3.52. The number of hydrogen-bond donors (Lipinski definition) is 1. The van der Waals surface area contributed by atoms with Crippen molar-refractivity contribution in [3.63, 3.8) is 0 Å². The number of methoxy groups -OCH3 is 1. The largest absolute Gasteiger partial charge is 0.497 e. The van der Waals surface area contributed by atoms with Crippen molar-refractivity contribution in [2.75, 3.05) is 25.2 Å². The van der Waals surface area contributed by atoms with Crippen molar-refractivity contribution >= 4 is 41.2 Å². The highest BCUT2D eigenvalue weighted by Crippen LogP contribution is 2.37. The van der Waals surface area contributed by atoms with E-state index in [1.165, 1.54) is 13.2 Å². The normalized spacial score (nSPS) is 15.1. The molecule has 0 bridgehead atoms. The zero-order valence-corrected chi connectivity index (χ0v) is 18.7. The third-order valence-corrected chi connectivity index (χ3v) is 4.81. The van der Waals surface area contributed by atoms with Crippen molar-refractivity contribution in [1.82, 2.24) is 5.32 Å². The van der Waals surface area contributed by atoms with E-state index >= 15 is 0 Å². The average molecular weight is 459 g/mol. The van der Waals surface area contributed by atoms with Crippen LogP contribution >= 0.6 is 11.6 Å². The van der Waals surface area contributed by atoms with Crippen LogP contribution in [0.3, 0.4) is 0 Å². The molecule has 2 aromatic carbocycles. The summed E-state index contributed by atoms with van der Waals surface area (Å²) in [5, 5.41) is 2.47. The fourth-order valence-corrected chi connectivity index (χ4v) is 3.34. The SMILES string of the molecule is CCCOc1c(Cl)cc(/C=C2\C(=O)NC(=O)N(c3ccc(OC)cc3)C2=O)cc1OCC. The van der Waals surface area contributed by atoms with E-state index in [0.29, 0.717) is 41.7 Å². The number of nitrogens with one attached hydrogen (secondary N) is 1. The van der Waals surface area contributed by atoms with E-state index in [0.717, 1.165) is 11.3 Å². The molecule has 1 aliphatic rings. The quantitative estimate of drug-likeness (QED) is 0.470. The number of benzene rings is 2. The molecule has 0 aromatic heterocycles. The van der Waals surface area contributed by atoms with Gasteiger partial charge in [0.05, 0.1) is 31.0 Å². The lowest BCUT2D eigenvalue weighted by Crippen LogP contribution is -2.54. The maximum Gasteiger partial charge on any atom is 0.335 e. The number of carbonyl (C=O) groups excluding carboxylic acids is 3. The van der Waals surface area contributed by atoms with Crippen molar-refractivity contribution in [3.8, 4) is 17.2 Å². The van der Waals surface area contributed by atoms with Crippen molar-refractivity contribution in [3.05, 3.63) is 52.6 Å². The minimum absolute atomic E-state index is 0.221. The summed E-state index contributed by atoms with van der Waals surface area (Å²) in [6.07, 6.45) is 2.15. The van der Waals surface area contributed by atoms with Crippen molar-refractivity contribution < 1.29 is 28.6 Å². The minimum Gasteiger partial charge on any atom is -0.497 e. The van der Waals surface area contributed by atoms with Gasteiger partial charge in [0.2, 0.25) is 0 Å². The minimum atomic E-state index is -0.835. The highest BCUT2D eigenvalue weighted by atomic mass is 35.5. The third-order valence-electron chi connectivity index (χ3n) is 4.53. The predicted octanol–water partition coefficient (Wildman–Crippen LogP) is 4.20. The van der Waals surface area contributed by atoms with Gasteiger partial charge in [0.1, 0.15) is 11.3 Å². The molecular formula is C23H23ClN2O6. The Morgan fingerprint density at radius 2 is 1.78 bits per heavy atom. The van der Waals surface area contributed by atoms with Crippen LogP contribution in [0.4, 0.5) is 10.5 Å². The Morgan fingerprint density at radius 1 is 1.06 bits per heavy atom. The van der Waals surface area contributed by atoms with Crippen molar-refractivity contribution in [1.29, 1.82) is 0 Å². The molecule has 32 heavy (non-hydrogen) atoms. The van der Waals surface area contributed by atoms with Crippen LogP contribution < -0.4 is 24.4 Å². The van der Waals surface area contributed by atoms with Crippen LogP contribution in [0.5, 0.6) is 17.2 Å². The number of amides is 4. The Kier molecular flexibility index (Phi) is 7.37. The summed E-state index contributed by atoms with van der Waals surface area (Å²) >= 11 is 6.38. The van der Waals surface area contributed by atoms with Crippen LogP contribution in [0, 0.1) is 0 Å². The molecule has 3 rings (SSSR count). The molecule has 8 nitrogen and oxygen atoms in total. The molecular weight excluding hydrogens is 436 g/mol. The van der Waals surface area contributed by atoms with Crippen LogP contribution in [0.1, 0.15) is 25.8 Å². The molecule has 0 saturated carbocycles. The maximum absolute atomic E-state index is 13.1. The van der Waals surface area contributed by atoms with E-state index < -0.39 is 17.8 Å². The topological polar surface area (TPSA) is 94.2 Å². The van der Waals surface area contributed by atoms with Gasteiger partial charge in [-0.05, 0) is 61.4 Å². The van der Waals surface area contributed by atoms with Crippen LogP contribution in [0.25, 0.3) is 6.08 Å². The van der Waals surface area contributed by atoms with Gasteiger partial charge >= 0.3 is 6.03 Å². The van der Waals surface area contributed by atoms with Crippen LogP contribution in [0.15, 0.2) is 42.0 Å². The second-order valence-corrected chi connectivity index (χ2v) is 7.17. The standard InChI is InChI=1S/C23H23ClN2O6/c1-4-10-32-20-18(24)12-14(13-19(20)31-5-2)11-17-21(27)25-23(29)26(22(17)28)15-6-8-16(30-3)9-7-15/h6-9,11-13H,4-5,10H2,1-3H3,(H,25,27,29)/b17-11+. The first-order chi connectivity index (χ1) is 15.4. The molecule has 168 valence electrons. The molecule has 2 aromatic rings. The number of rotatable bonds is 8. The molecule has 0 atom stereocenters. The molecule has 4 amide bonds. The first-order valence-electron chi connectivity index (χ1n) is 10.0. The number of imide groups is 2. The third kappa shape index (κ3) is 4.86. The Balaban J connectivity index is 1.99. The molecule has 0 aliphatic carbocycles. The Bertz CT molecular complexity index is 1060. The molecule has 1 saturated heterocycles. The lowest BCUT2D eigenvalue weighted by Gasteiger charge is -2.26. The van der Waals surface area contributed by atoms with E-state index in [1.54, 1.807) is 36.4 Å². The fourth-order valence-electron chi connectivity index (χ4n) is 3.07. The van der Waals surface area contributed by atoms with Gasteiger partial charge in [-0.2, -0.15) is 0 Å². The summed E-state index contributed by atoms with van der Waals surface area (Å²) in [4.78, 5) is 38.8. The molecule has 0 spiro atoms. The van der Waals surface area contributed by atoms with Gasteiger partial charge in [-0.15, -0.1) is 0 Å². The molecule has 1 N–H and O–H groups in total. The monoisotopic (exact) mass is 458 g/mol. The first kappa shape index (κ1) is 23.1. The van der Waals surface area contributed by atoms with E-state index in [-0.39, 0.29) is 10.6 Å². The number of hydrogen-bond acceptors (Lipinski definition) is 6. The van der Waals surface area contributed by atoms with Gasteiger partial charge in [-0.1, -0.05) is 18.5 Å². The van der Waals surface area contributed by atoms with Gasteiger partial charge in [-0.3, -0.25) is 14.9 Å². The highest BCUT2D eigenvalue weighted by Gasteiger charge is 2.36. The molecule has 1 heterocycles. The second kappa shape index (κ2) is 10.2. The van der Waals surface area contributed by atoms with Gasteiger partial charge < -0.3 is 14.2 Å². The molecule has 9 heteroatoms. The molecule has 0 unspecified atom stereocenters. The van der Waals surface area contributed by atoms with E-state index in [1.807, 2.05) is 13.8 Å². The predicted molar refractivity (Wildman–Crippen MR) is 120 cm³/mol. The summed E-state index contributed by atoms with van der Waals surface area (Å²) in [6.45, 7) is 4.62. The number of carbonyl (C=O) groups is 3. The summed E-state index contributed by atoms with van der Waals surface area (Å²) in [5.74, 6) is -0.206. The number of nitrogens with zero attached hydrogens (tertiary/aromatic N) is 1. The number of anilines is 1. The summed E-state index contributed by atoms with van der Waals surface area (Å²) in [6, 6.07) is 8.68. The Labute approximate surface area is 190 Å². The number of ether oxygens (including phenoxy) is 3. The summed E-state index contributed by atoms with van der Waals surface area (Å²) in [5.41, 5.74) is 0.522. The second-order valence-electron chi connectivity index (χ2n) is 6.77. The van der Waals surface area contributed by atoms with Crippen LogP contribution in [0.2, 0.25) is 5.02 Å².